The Morgan fingerprint density at radius 2 is 2.22 bits per heavy atom. The number of nitrogens with one attached hydrogen (secondary N) is 1. The zero-order valence-corrected chi connectivity index (χ0v) is 15.2. The normalized spacial score (nSPS) is 20.1. The zero-order chi connectivity index (χ0) is 19.0. The largest absolute Gasteiger partial charge is 0.393 e. The van der Waals surface area contributed by atoms with E-state index >= 15 is 0 Å². The first-order valence-corrected chi connectivity index (χ1v) is 8.88. The first kappa shape index (κ1) is 17.4. The molecule has 1 aliphatic carbocycles. The summed E-state index contributed by atoms with van der Waals surface area (Å²) in [5, 5.41) is 20.7. The summed E-state index contributed by atoms with van der Waals surface area (Å²) in [5.41, 5.74) is 2.70. The van der Waals surface area contributed by atoms with Gasteiger partial charge in [0.15, 0.2) is 11.5 Å². The van der Waals surface area contributed by atoms with Crippen LogP contribution in [0.2, 0.25) is 0 Å². The van der Waals surface area contributed by atoms with Crippen LogP contribution in [-0.2, 0) is 7.05 Å². The molecule has 1 fully saturated rings. The minimum Gasteiger partial charge on any atom is -0.393 e. The smallest absolute Gasteiger partial charge is 0.274 e. The van der Waals surface area contributed by atoms with E-state index in [1.807, 2.05) is 32.2 Å². The Morgan fingerprint density at radius 1 is 1.41 bits per heavy atom. The number of carbonyl (C=O) groups is 1. The maximum absolute atomic E-state index is 12.7. The van der Waals surface area contributed by atoms with E-state index in [9.17, 15) is 9.90 Å². The number of pyridine rings is 1. The van der Waals surface area contributed by atoms with Crippen molar-refractivity contribution >= 4 is 5.91 Å². The summed E-state index contributed by atoms with van der Waals surface area (Å²) in [6.07, 6.45) is 4.35. The van der Waals surface area contributed by atoms with Gasteiger partial charge in [-0.25, -0.2) is 0 Å². The highest BCUT2D eigenvalue weighted by Crippen LogP contribution is 2.37. The Bertz CT molecular complexity index is 943. The van der Waals surface area contributed by atoms with Gasteiger partial charge >= 0.3 is 0 Å². The van der Waals surface area contributed by atoms with Gasteiger partial charge in [0.1, 0.15) is 0 Å². The van der Waals surface area contributed by atoms with Crippen LogP contribution >= 0.6 is 0 Å². The Morgan fingerprint density at radius 3 is 2.85 bits per heavy atom. The molecule has 0 bridgehead atoms. The van der Waals surface area contributed by atoms with Crippen LogP contribution < -0.4 is 5.32 Å². The van der Waals surface area contributed by atoms with Crippen LogP contribution in [0.5, 0.6) is 0 Å². The Kier molecular flexibility index (Phi) is 4.49. The summed E-state index contributed by atoms with van der Waals surface area (Å²) in [5.74, 6) is 0.313. The molecule has 1 aliphatic rings. The number of hydrogen-bond acceptors (Lipinski definition) is 6. The molecule has 8 heteroatoms. The lowest BCUT2D eigenvalue weighted by atomic mass is 9.76. The second-order valence-electron chi connectivity index (χ2n) is 6.93. The fraction of sp³-hybridized carbons (Fsp3) is 0.368. The fourth-order valence-corrected chi connectivity index (χ4v) is 3.36. The summed E-state index contributed by atoms with van der Waals surface area (Å²) >= 11 is 0. The van der Waals surface area contributed by atoms with E-state index in [2.05, 4.69) is 20.6 Å². The molecule has 3 aromatic rings. The van der Waals surface area contributed by atoms with Crippen molar-refractivity contribution in [3.8, 4) is 11.3 Å². The summed E-state index contributed by atoms with van der Waals surface area (Å²) < 4.78 is 7.08. The van der Waals surface area contributed by atoms with Gasteiger partial charge in [0.25, 0.3) is 5.91 Å². The molecule has 27 heavy (non-hydrogen) atoms. The molecule has 4 rings (SSSR count). The standard InChI is InChI=1S/C19H21N5O3/c1-11-14(10-21-24(11)2)17-9-16(23-27-17)19(26)22-18(12-7-13(25)8-12)15-5-3-4-6-20-15/h3-6,9-10,12-13,18,25H,7-8H2,1-2H3,(H,22,26)/t12?,13?,18-/m0/s1. The minimum absolute atomic E-state index is 0.144. The van der Waals surface area contributed by atoms with E-state index < -0.39 is 0 Å². The molecule has 0 radical (unpaired) electrons. The second kappa shape index (κ2) is 6.96. The van der Waals surface area contributed by atoms with E-state index in [0.717, 1.165) is 17.0 Å². The first-order chi connectivity index (χ1) is 13.0. The lowest BCUT2D eigenvalue weighted by Crippen LogP contribution is -2.41. The third-order valence-electron chi connectivity index (χ3n) is 5.16. The van der Waals surface area contributed by atoms with Crippen LogP contribution in [0.4, 0.5) is 0 Å². The highest BCUT2D eigenvalue weighted by molar-refractivity contribution is 5.93. The van der Waals surface area contributed by atoms with Crippen molar-refractivity contribution in [2.75, 3.05) is 0 Å². The van der Waals surface area contributed by atoms with Gasteiger partial charge in [0.2, 0.25) is 0 Å². The number of aliphatic hydroxyl groups is 1. The quantitative estimate of drug-likeness (QED) is 0.715. The Labute approximate surface area is 156 Å². The maximum Gasteiger partial charge on any atom is 0.274 e. The van der Waals surface area contributed by atoms with Crippen LogP contribution in [0, 0.1) is 12.8 Å². The molecule has 0 unspecified atom stereocenters. The Balaban J connectivity index is 1.54. The summed E-state index contributed by atoms with van der Waals surface area (Å²) in [6, 6.07) is 6.93. The number of nitrogens with zero attached hydrogens (tertiary/aromatic N) is 4. The van der Waals surface area contributed by atoms with Gasteiger partial charge in [-0.15, -0.1) is 0 Å². The molecule has 0 aromatic carbocycles. The van der Waals surface area contributed by atoms with Gasteiger partial charge in [-0.1, -0.05) is 11.2 Å². The molecule has 0 spiro atoms. The zero-order valence-electron chi connectivity index (χ0n) is 15.2. The third kappa shape index (κ3) is 3.35. The number of hydrogen-bond donors (Lipinski definition) is 2. The van der Waals surface area contributed by atoms with E-state index in [0.29, 0.717) is 18.6 Å². The number of amides is 1. The van der Waals surface area contributed by atoms with Gasteiger partial charge in [-0.3, -0.25) is 14.5 Å². The average Bonchev–Trinajstić information content (AvgIpc) is 3.25. The molecule has 3 aromatic heterocycles. The fourth-order valence-electron chi connectivity index (χ4n) is 3.36. The molecule has 0 aliphatic heterocycles. The number of rotatable bonds is 5. The highest BCUT2D eigenvalue weighted by Gasteiger charge is 2.36. The molecule has 3 heterocycles. The summed E-state index contributed by atoms with van der Waals surface area (Å²) in [7, 11) is 1.84. The highest BCUT2D eigenvalue weighted by atomic mass is 16.5. The number of aryl methyl sites for hydroxylation is 1. The van der Waals surface area contributed by atoms with Crippen LogP contribution in [0.15, 0.2) is 41.2 Å². The number of aromatic nitrogens is 4. The van der Waals surface area contributed by atoms with Crippen molar-refractivity contribution in [2.45, 2.75) is 31.9 Å². The molecular formula is C19H21N5O3. The summed E-state index contributed by atoms with van der Waals surface area (Å²) in [6.45, 7) is 1.92. The topological polar surface area (TPSA) is 106 Å². The number of carbonyl (C=O) groups excluding carboxylic acids is 1. The van der Waals surface area contributed by atoms with Crippen LogP contribution in [0.1, 0.15) is 40.8 Å². The van der Waals surface area contributed by atoms with Crippen LogP contribution in [0.3, 0.4) is 0 Å². The monoisotopic (exact) mass is 367 g/mol. The third-order valence-corrected chi connectivity index (χ3v) is 5.16. The molecule has 8 nitrogen and oxygen atoms in total. The molecule has 1 saturated carbocycles. The lowest BCUT2D eigenvalue weighted by molar-refractivity contribution is 0.0227. The van der Waals surface area contributed by atoms with E-state index in [1.54, 1.807) is 23.1 Å². The van der Waals surface area contributed by atoms with Crippen molar-refractivity contribution < 1.29 is 14.4 Å². The molecule has 0 saturated heterocycles. The van der Waals surface area contributed by atoms with Gasteiger partial charge in [-0.05, 0) is 37.8 Å². The predicted molar refractivity (Wildman–Crippen MR) is 96.6 cm³/mol. The SMILES string of the molecule is Cc1c(-c2cc(C(=O)N[C@H](c3ccccn3)C3CC(O)C3)no2)cnn1C. The van der Waals surface area contributed by atoms with Gasteiger partial charge < -0.3 is 14.9 Å². The van der Waals surface area contributed by atoms with E-state index in [4.69, 9.17) is 4.52 Å². The van der Waals surface area contributed by atoms with Crippen LogP contribution in [0.25, 0.3) is 11.3 Å². The predicted octanol–water partition coefficient (Wildman–Crippen LogP) is 2.02. The second-order valence-corrected chi connectivity index (χ2v) is 6.93. The molecule has 1 atom stereocenters. The van der Waals surface area contributed by atoms with Crippen molar-refractivity contribution in [3.63, 3.8) is 0 Å². The van der Waals surface area contributed by atoms with E-state index in [-0.39, 0.29) is 29.7 Å². The molecule has 1 amide bonds. The van der Waals surface area contributed by atoms with Gasteiger partial charge in [0, 0.05) is 25.0 Å². The molecule has 2 N–H and O–H groups in total. The molecule has 140 valence electrons. The summed E-state index contributed by atoms with van der Waals surface area (Å²) in [4.78, 5) is 17.1. The minimum atomic E-state index is -0.330. The van der Waals surface area contributed by atoms with Gasteiger partial charge in [0.05, 0.1) is 29.6 Å². The van der Waals surface area contributed by atoms with Crippen molar-refractivity contribution in [3.05, 3.63) is 53.7 Å². The Hall–Kier alpha value is -3.00. The van der Waals surface area contributed by atoms with E-state index in [1.165, 1.54) is 0 Å². The number of aliphatic hydroxyl groups excluding tert-OH is 1. The average molecular weight is 367 g/mol. The first-order valence-electron chi connectivity index (χ1n) is 8.88. The maximum atomic E-state index is 12.7. The lowest BCUT2D eigenvalue weighted by Gasteiger charge is -2.37. The molecular weight excluding hydrogens is 346 g/mol. The van der Waals surface area contributed by atoms with Crippen LogP contribution in [-0.4, -0.2) is 37.0 Å². The van der Waals surface area contributed by atoms with Crippen molar-refractivity contribution in [1.29, 1.82) is 0 Å². The van der Waals surface area contributed by atoms with Crippen molar-refractivity contribution in [2.24, 2.45) is 13.0 Å². The van der Waals surface area contributed by atoms with Gasteiger partial charge in [-0.2, -0.15) is 5.10 Å². The van der Waals surface area contributed by atoms with Crippen molar-refractivity contribution in [1.82, 2.24) is 25.2 Å².